The van der Waals surface area contributed by atoms with Crippen LogP contribution in [0.3, 0.4) is 0 Å². The van der Waals surface area contributed by atoms with Crippen LogP contribution in [0.1, 0.15) is 11.3 Å². The summed E-state index contributed by atoms with van der Waals surface area (Å²) >= 11 is 0. The molecule has 21 heavy (non-hydrogen) atoms. The first kappa shape index (κ1) is 14.3. The summed E-state index contributed by atoms with van der Waals surface area (Å²) in [7, 11) is 1.45. The number of benzene rings is 1. The van der Waals surface area contributed by atoms with Crippen molar-refractivity contribution in [2.24, 2.45) is 0 Å². The van der Waals surface area contributed by atoms with Gasteiger partial charge in [0.2, 0.25) is 0 Å². The third kappa shape index (κ3) is 3.45. The SMILES string of the molecule is COc1ccc([N+](=O)[O-])cc1OCc1ccnc(C#N)c1. The Hall–Kier alpha value is -3.14. The lowest BCUT2D eigenvalue weighted by atomic mass is 10.2. The van der Waals surface area contributed by atoms with Gasteiger partial charge < -0.3 is 9.47 Å². The largest absolute Gasteiger partial charge is 0.493 e. The average Bonchev–Trinajstić information content (AvgIpc) is 2.52. The third-order valence-electron chi connectivity index (χ3n) is 2.69. The summed E-state index contributed by atoms with van der Waals surface area (Å²) in [6, 6.07) is 9.33. The monoisotopic (exact) mass is 285 g/mol. The molecule has 0 saturated carbocycles. The van der Waals surface area contributed by atoms with Crippen molar-refractivity contribution in [3.05, 3.63) is 57.9 Å². The molecule has 0 bridgehead atoms. The van der Waals surface area contributed by atoms with Crippen molar-refractivity contribution < 1.29 is 14.4 Å². The van der Waals surface area contributed by atoms with E-state index in [4.69, 9.17) is 14.7 Å². The lowest BCUT2D eigenvalue weighted by Gasteiger charge is -2.10. The Bertz CT molecular complexity index is 710. The molecule has 7 nitrogen and oxygen atoms in total. The van der Waals surface area contributed by atoms with Gasteiger partial charge in [0.15, 0.2) is 11.5 Å². The summed E-state index contributed by atoms with van der Waals surface area (Å²) in [5, 5.41) is 19.6. The number of hydrogen-bond acceptors (Lipinski definition) is 6. The lowest BCUT2D eigenvalue weighted by molar-refractivity contribution is -0.385. The smallest absolute Gasteiger partial charge is 0.273 e. The van der Waals surface area contributed by atoms with Gasteiger partial charge in [-0.05, 0) is 23.8 Å². The molecular weight excluding hydrogens is 274 g/mol. The summed E-state index contributed by atoms with van der Waals surface area (Å²) in [5.74, 6) is 0.664. The summed E-state index contributed by atoms with van der Waals surface area (Å²) in [5.41, 5.74) is 0.926. The minimum absolute atomic E-state index is 0.0850. The number of nitrogens with zero attached hydrogens (tertiary/aromatic N) is 3. The molecule has 0 atom stereocenters. The van der Waals surface area contributed by atoms with E-state index in [0.717, 1.165) is 5.56 Å². The van der Waals surface area contributed by atoms with Crippen LogP contribution in [-0.2, 0) is 6.61 Å². The molecule has 7 heteroatoms. The van der Waals surface area contributed by atoms with E-state index in [-0.39, 0.29) is 23.7 Å². The number of nitro benzene ring substituents is 1. The fourth-order valence-corrected chi connectivity index (χ4v) is 1.68. The number of nitro groups is 1. The first-order valence-electron chi connectivity index (χ1n) is 5.94. The molecule has 0 spiro atoms. The van der Waals surface area contributed by atoms with Crippen LogP contribution in [0.25, 0.3) is 0 Å². The minimum Gasteiger partial charge on any atom is -0.493 e. The fourth-order valence-electron chi connectivity index (χ4n) is 1.68. The molecule has 0 N–H and O–H groups in total. The summed E-state index contributed by atoms with van der Waals surface area (Å²) < 4.78 is 10.6. The molecule has 0 saturated heterocycles. The lowest BCUT2D eigenvalue weighted by Crippen LogP contribution is -1.99. The number of hydrogen-bond donors (Lipinski definition) is 0. The number of ether oxygens (including phenoxy) is 2. The Labute approximate surface area is 120 Å². The van der Waals surface area contributed by atoms with E-state index in [0.29, 0.717) is 5.75 Å². The molecule has 0 unspecified atom stereocenters. The quantitative estimate of drug-likeness (QED) is 0.618. The minimum atomic E-state index is -0.507. The Morgan fingerprint density at radius 3 is 2.81 bits per heavy atom. The van der Waals surface area contributed by atoms with Crippen molar-refractivity contribution in [3.63, 3.8) is 0 Å². The zero-order valence-corrected chi connectivity index (χ0v) is 11.1. The molecule has 0 aliphatic carbocycles. The second kappa shape index (κ2) is 6.34. The highest BCUT2D eigenvalue weighted by Crippen LogP contribution is 2.31. The van der Waals surface area contributed by atoms with E-state index < -0.39 is 4.92 Å². The molecule has 0 aliphatic heterocycles. The van der Waals surface area contributed by atoms with E-state index in [1.807, 2.05) is 6.07 Å². The Balaban J connectivity index is 2.20. The maximum absolute atomic E-state index is 10.8. The second-order valence-electron chi connectivity index (χ2n) is 4.04. The van der Waals surface area contributed by atoms with E-state index in [1.54, 1.807) is 12.1 Å². The predicted octanol–water partition coefficient (Wildman–Crippen LogP) is 2.45. The third-order valence-corrected chi connectivity index (χ3v) is 2.69. The normalized spacial score (nSPS) is 9.71. The first-order valence-corrected chi connectivity index (χ1v) is 5.94. The van der Waals surface area contributed by atoms with Crippen LogP contribution in [0.5, 0.6) is 11.5 Å². The first-order chi connectivity index (χ1) is 10.1. The highest BCUT2D eigenvalue weighted by atomic mass is 16.6. The standard InChI is InChI=1S/C14H11N3O4/c1-20-13-3-2-12(17(18)19)7-14(13)21-9-10-4-5-16-11(6-10)8-15/h2-7H,9H2,1H3. The van der Waals surface area contributed by atoms with Crippen molar-refractivity contribution in [3.8, 4) is 17.6 Å². The molecular formula is C14H11N3O4. The van der Waals surface area contributed by atoms with Gasteiger partial charge in [0.25, 0.3) is 5.69 Å². The number of rotatable bonds is 5. The van der Waals surface area contributed by atoms with Crippen LogP contribution in [0.2, 0.25) is 0 Å². The molecule has 0 aliphatic rings. The van der Waals surface area contributed by atoms with Gasteiger partial charge in [0.1, 0.15) is 18.4 Å². The van der Waals surface area contributed by atoms with Gasteiger partial charge in [0.05, 0.1) is 18.1 Å². The Morgan fingerprint density at radius 1 is 1.33 bits per heavy atom. The molecule has 1 aromatic carbocycles. The molecule has 2 rings (SSSR count). The maximum Gasteiger partial charge on any atom is 0.273 e. The zero-order chi connectivity index (χ0) is 15.2. The number of non-ortho nitro benzene ring substituents is 1. The van der Waals surface area contributed by atoms with Gasteiger partial charge >= 0.3 is 0 Å². The highest BCUT2D eigenvalue weighted by Gasteiger charge is 2.12. The Kier molecular flexibility index (Phi) is 4.31. The molecule has 0 amide bonds. The topological polar surface area (TPSA) is 98.3 Å². The molecule has 1 heterocycles. The van der Waals surface area contributed by atoms with E-state index >= 15 is 0 Å². The van der Waals surface area contributed by atoms with E-state index in [9.17, 15) is 10.1 Å². The summed E-state index contributed by atoms with van der Waals surface area (Å²) in [6.45, 7) is 0.148. The maximum atomic E-state index is 10.8. The molecule has 2 aromatic rings. The van der Waals surface area contributed by atoms with Crippen molar-refractivity contribution in [1.82, 2.24) is 4.98 Å². The van der Waals surface area contributed by atoms with Crippen LogP contribution in [0, 0.1) is 21.4 Å². The van der Waals surface area contributed by atoms with Gasteiger partial charge in [-0.2, -0.15) is 5.26 Å². The number of methoxy groups -OCH3 is 1. The van der Waals surface area contributed by atoms with Crippen LogP contribution in [0.15, 0.2) is 36.5 Å². The van der Waals surface area contributed by atoms with E-state index in [2.05, 4.69) is 4.98 Å². The van der Waals surface area contributed by atoms with Crippen molar-refractivity contribution in [1.29, 1.82) is 5.26 Å². The summed E-state index contributed by atoms with van der Waals surface area (Å²) in [4.78, 5) is 14.1. The number of nitriles is 1. The number of pyridine rings is 1. The van der Waals surface area contributed by atoms with Crippen molar-refractivity contribution in [2.45, 2.75) is 6.61 Å². The van der Waals surface area contributed by atoms with Crippen LogP contribution >= 0.6 is 0 Å². The van der Waals surface area contributed by atoms with Gasteiger partial charge in [-0.15, -0.1) is 0 Å². The average molecular weight is 285 g/mol. The van der Waals surface area contributed by atoms with Gasteiger partial charge in [-0.25, -0.2) is 4.98 Å². The molecule has 0 fully saturated rings. The molecule has 0 radical (unpaired) electrons. The number of aromatic nitrogens is 1. The molecule has 106 valence electrons. The molecule has 1 aromatic heterocycles. The van der Waals surface area contributed by atoms with Gasteiger partial charge in [-0.1, -0.05) is 0 Å². The Morgan fingerprint density at radius 2 is 2.14 bits per heavy atom. The van der Waals surface area contributed by atoms with Gasteiger partial charge in [0, 0.05) is 12.3 Å². The highest BCUT2D eigenvalue weighted by molar-refractivity contribution is 5.48. The second-order valence-corrected chi connectivity index (χ2v) is 4.04. The van der Waals surface area contributed by atoms with Crippen LogP contribution in [-0.4, -0.2) is 17.0 Å². The summed E-state index contributed by atoms with van der Waals surface area (Å²) in [6.07, 6.45) is 1.50. The van der Waals surface area contributed by atoms with Crippen LogP contribution < -0.4 is 9.47 Å². The van der Waals surface area contributed by atoms with Crippen LogP contribution in [0.4, 0.5) is 5.69 Å². The fraction of sp³-hybridized carbons (Fsp3) is 0.143. The predicted molar refractivity (Wildman–Crippen MR) is 72.9 cm³/mol. The van der Waals surface area contributed by atoms with Crippen molar-refractivity contribution in [2.75, 3.05) is 7.11 Å². The van der Waals surface area contributed by atoms with E-state index in [1.165, 1.54) is 31.5 Å². The zero-order valence-electron chi connectivity index (χ0n) is 11.1. The van der Waals surface area contributed by atoms with Crippen molar-refractivity contribution >= 4 is 5.69 Å². The van der Waals surface area contributed by atoms with Gasteiger partial charge in [-0.3, -0.25) is 10.1 Å².